The number of hydrogen-bond acceptors (Lipinski definition) is 4. The highest BCUT2D eigenvalue weighted by molar-refractivity contribution is 6.31. The van der Waals surface area contributed by atoms with E-state index in [1.165, 1.54) is 0 Å². The molecule has 1 saturated heterocycles. The summed E-state index contributed by atoms with van der Waals surface area (Å²) in [6.45, 7) is 4.33. The normalized spacial score (nSPS) is 14.7. The molecule has 1 heterocycles. The van der Waals surface area contributed by atoms with Gasteiger partial charge in [0, 0.05) is 35.4 Å². The van der Waals surface area contributed by atoms with Crippen LogP contribution in [-0.2, 0) is 9.59 Å². The molecular formula is C21H24ClN3O3. The molecule has 0 aromatic heterocycles. The zero-order chi connectivity index (χ0) is 20.3. The molecule has 1 atom stereocenters. The zero-order valence-electron chi connectivity index (χ0n) is 16.2. The maximum absolute atomic E-state index is 12.6. The van der Waals surface area contributed by atoms with Gasteiger partial charge < -0.3 is 20.3 Å². The van der Waals surface area contributed by atoms with Crippen LogP contribution in [0.5, 0.6) is 5.75 Å². The first-order valence-corrected chi connectivity index (χ1v) is 9.59. The van der Waals surface area contributed by atoms with E-state index in [1.807, 2.05) is 25.1 Å². The van der Waals surface area contributed by atoms with Crippen molar-refractivity contribution in [3.63, 3.8) is 0 Å². The van der Waals surface area contributed by atoms with E-state index in [-0.39, 0.29) is 11.8 Å². The molecule has 1 fully saturated rings. The molecule has 2 aromatic rings. The van der Waals surface area contributed by atoms with Crippen molar-refractivity contribution in [2.24, 2.45) is 0 Å². The smallest absolute Gasteiger partial charge is 0.246 e. The van der Waals surface area contributed by atoms with Gasteiger partial charge in [-0.05, 0) is 50.1 Å². The first-order valence-electron chi connectivity index (χ1n) is 9.21. The first-order chi connectivity index (χ1) is 13.4. The fourth-order valence-electron chi connectivity index (χ4n) is 3.19. The Morgan fingerprint density at radius 2 is 2.07 bits per heavy atom. The van der Waals surface area contributed by atoms with Gasteiger partial charge in [0.05, 0.1) is 12.8 Å². The highest BCUT2D eigenvalue weighted by atomic mass is 35.5. The Morgan fingerprint density at radius 1 is 1.29 bits per heavy atom. The Labute approximate surface area is 169 Å². The molecule has 1 aliphatic rings. The summed E-state index contributed by atoms with van der Waals surface area (Å²) in [6, 6.07) is 10.4. The number of methoxy groups -OCH3 is 1. The Bertz CT molecular complexity index is 900. The lowest BCUT2D eigenvalue weighted by molar-refractivity contribution is -0.117. The molecule has 0 radical (unpaired) electrons. The average molecular weight is 402 g/mol. The van der Waals surface area contributed by atoms with Gasteiger partial charge in [-0.2, -0.15) is 0 Å². The zero-order valence-corrected chi connectivity index (χ0v) is 17.0. The van der Waals surface area contributed by atoms with Crippen molar-refractivity contribution in [1.82, 2.24) is 0 Å². The minimum atomic E-state index is -0.484. The van der Waals surface area contributed by atoms with Crippen molar-refractivity contribution in [1.29, 1.82) is 0 Å². The van der Waals surface area contributed by atoms with Crippen LogP contribution in [0.25, 0.3) is 0 Å². The molecule has 3 rings (SSSR count). The van der Waals surface area contributed by atoms with Crippen LogP contribution < -0.4 is 20.3 Å². The topological polar surface area (TPSA) is 70.7 Å². The third kappa shape index (κ3) is 4.22. The summed E-state index contributed by atoms with van der Waals surface area (Å²) >= 11 is 6.11. The van der Waals surface area contributed by atoms with E-state index >= 15 is 0 Å². The summed E-state index contributed by atoms with van der Waals surface area (Å²) in [5.74, 6) is 0.519. The van der Waals surface area contributed by atoms with E-state index in [1.54, 1.807) is 37.1 Å². The average Bonchev–Trinajstić information content (AvgIpc) is 3.11. The third-order valence-corrected chi connectivity index (χ3v) is 5.26. The van der Waals surface area contributed by atoms with Gasteiger partial charge in [-0.3, -0.25) is 9.59 Å². The Kier molecular flexibility index (Phi) is 6.09. The second-order valence-corrected chi connectivity index (χ2v) is 7.21. The fraction of sp³-hybridized carbons (Fsp3) is 0.333. The fourth-order valence-corrected chi connectivity index (χ4v) is 3.37. The molecule has 28 heavy (non-hydrogen) atoms. The summed E-state index contributed by atoms with van der Waals surface area (Å²) < 4.78 is 5.46. The van der Waals surface area contributed by atoms with E-state index in [9.17, 15) is 9.59 Å². The van der Waals surface area contributed by atoms with Crippen LogP contribution in [0.15, 0.2) is 36.4 Å². The van der Waals surface area contributed by atoms with Crippen LogP contribution in [0.4, 0.5) is 17.1 Å². The second kappa shape index (κ2) is 8.52. The summed E-state index contributed by atoms with van der Waals surface area (Å²) in [4.78, 5) is 26.3. The number of ether oxygens (including phenoxy) is 1. The number of rotatable bonds is 6. The van der Waals surface area contributed by atoms with Gasteiger partial charge in [0.2, 0.25) is 11.8 Å². The number of nitrogens with one attached hydrogen (secondary N) is 2. The van der Waals surface area contributed by atoms with Gasteiger partial charge in [-0.1, -0.05) is 17.7 Å². The second-order valence-electron chi connectivity index (χ2n) is 6.80. The van der Waals surface area contributed by atoms with Crippen molar-refractivity contribution in [2.45, 2.75) is 32.7 Å². The molecule has 148 valence electrons. The number of nitrogens with zero attached hydrogens (tertiary/aromatic N) is 1. The lowest BCUT2D eigenvalue weighted by Gasteiger charge is -2.21. The van der Waals surface area contributed by atoms with Crippen LogP contribution in [0.2, 0.25) is 5.02 Å². The van der Waals surface area contributed by atoms with Crippen molar-refractivity contribution >= 4 is 40.5 Å². The van der Waals surface area contributed by atoms with E-state index in [2.05, 4.69) is 10.6 Å². The number of carbonyl (C=O) groups excluding carboxylic acids is 2. The summed E-state index contributed by atoms with van der Waals surface area (Å²) in [6.07, 6.45) is 1.41. The first kappa shape index (κ1) is 20.0. The maximum Gasteiger partial charge on any atom is 0.246 e. The van der Waals surface area contributed by atoms with E-state index < -0.39 is 6.04 Å². The minimum Gasteiger partial charge on any atom is -0.494 e. The number of halogens is 1. The van der Waals surface area contributed by atoms with Crippen molar-refractivity contribution in [3.05, 3.63) is 47.0 Å². The maximum atomic E-state index is 12.6. The molecule has 0 spiro atoms. The van der Waals surface area contributed by atoms with Gasteiger partial charge >= 0.3 is 0 Å². The van der Waals surface area contributed by atoms with Crippen molar-refractivity contribution < 1.29 is 14.3 Å². The predicted octanol–water partition coefficient (Wildman–Crippen LogP) is 4.22. The number of hydrogen-bond donors (Lipinski definition) is 2. The molecule has 1 aliphatic heterocycles. The molecule has 0 bridgehead atoms. The van der Waals surface area contributed by atoms with Crippen LogP contribution in [0.3, 0.4) is 0 Å². The molecule has 0 unspecified atom stereocenters. The molecule has 0 saturated carbocycles. The van der Waals surface area contributed by atoms with Crippen molar-refractivity contribution in [3.8, 4) is 5.75 Å². The van der Waals surface area contributed by atoms with Crippen molar-refractivity contribution in [2.75, 3.05) is 29.2 Å². The van der Waals surface area contributed by atoms with Crippen LogP contribution in [0, 0.1) is 6.92 Å². The Hall–Kier alpha value is -2.73. The standard InChI is InChI=1S/C21H24ClN3O3/c1-13-16(22)6-4-7-17(13)24-21(27)14(2)23-15-9-10-18(19(12-15)28-3)25-11-5-8-20(25)26/h4,6-7,9-10,12,14,23H,5,8,11H2,1-3H3,(H,24,27)/t14-/m1/s1. The highest BCUT2D eigenvalue weighted by Gasteiger charge is 2.25. The van der Waals surface area contributed by atoms with Gasteiger partial charge in [-0.15, -0.1) is 0 Å². The van der Waals surface area contributed by atoms with E-state index in [0.29, 0.717) is 29.4 Å². The van der Waals surface area contributed by atoms with Crippen LogP contribution in [0.1, 0.15) is 25.3 Å². The molecule has 7 heteroatoms. The van der Waals surface area contributed by atoms with Gasteiger partial charge in [0.15, 0.2) is 0 Å². The number of anilines is 3. The lowest BCUT2D eigenvalue weighted by Crippen LogP contribution is -2.32. The monoisotopic (exact) mass is 401 g/mol. The lowest BCUT2D eigenvalue weighted by atomic mass is 10.2. The summed E-state index contributed by atoms with van der Waals surface area (Å²) in [5, 5.41) is 6.67. The van der Waals surface area contributed by atoms with Gasteiger partial charge in [0.1, 0.15) is 11.8 Å². The quantitative estimate of drug-likeness (QED) is 0.760. The predicted molar refractivity (Wildman–Crippen MR) is 112 cm³/mol. The SMILES string of the molecule is COc1cc(N[C@H](C)C(=O)Nc2cccc(Cl)c2C)ccc1N1CCCC1=O. The highest BCUT2D eigenvalue weighted by Crippen LogP contribution is 2.34. The molecule has 2 amide bonds. The van der Waals surface area contributed by atoms with Crippen LogP contribution in [-0.4, -0.2) is 31.5 Å². The largest absolute Gasteiger partial charge is 0.494 e. The molecule has 6 nitrogen and oxygen atoms in total. The van der Waals surface area contributed by atoms with E-state index in [0.717, 1.165) is 23.4 Å². The number of carbonyl (C=O) groups is 2. The molecule has 0 aliphatic carbocycles. The third-order valence-electron chi connectivity index (χ3n) is 4.85. The minimum absolute atomic E-state index is 0.101. The van der Waals surface area contributed by atoms with Gasteiger partial charge in [-0.25, -0.2) is 0 Å². The Balaban J connectivity index is 1.71. The molecule has 2 N–H and O–H groups in total. The van der Waals surface area contributed by atoms with E-state index in [4.69, 9.17) is 16.3 Å². The number of benzene rings is 2. The summed E-state index contributed by atoms with van der Waals surface area (Å²) in [7, 11) is 1.57. The number of amides is 2. The van der Waals surface area contributed by atoms with Gasteiger partial charge in [0.25, 0.3) is 0 Å². The summed E-state index contributed by atoms with van der Waals surface area (Å²) in [5.41, 5.74) is 3.00. The Morgan fingerprint density at radius 3 is 2.75 bits per heavy atom. The molecular weight excluding hydrogens is 378 g/mol. The van der Waals surface area contributed by atoms with Crippen LogP contribution >= 0.6 is 11.6 Å². The molecule has 2 aromatic carbocycles.